The predicted octanol–water partition coefficient (Wildman–Crippen LogP) is 1.18. The first-order valence-electron chi connectivity index (χ1n) is 6.01. The molecular formula is C14H19N2O3. The molecule has 0 bridgehead atoms. The molecule has 1 atom stereocenters. The lowest BCUT2D eigenvalue weighted by Gasteiger charge is -2.22. The molecular weight excluding hydrogens is 244 g/mol. The second kappa shape index (κ2) is 6.33. The third kappa shape index (κ3) is 5.09. The summed E-state index contributed by atoms with van der Waals surface area (Å²) in [6.07, 6.45) is 1.60. The second-order valence-corrected chi connectivity index (χ2v) is 5.21. The maximum atomic E-state index is 11.8. The number of carbonyl (C=O) groups excluding carboxylic acids is 2. The van der Waals surface area contributed by atoms with Gasteiger partial charge in [0.2, 0.25) is 0 Å². The standard InChI is InChI=1S/C14H19N2O3/c1-14(2,3)19-13(18)12(15)11-6-4-10(5-7-11)8-16-9-17/h4-7,12H,8,15H2,1-3H3,(H,16,17). The number of benzene rings is 1. The number of hydrogen-bond donors (Lipinski definition) is 2. The fourth-order valence-electron chi connectivity index (χ4n) is 1.48. The molecule has 3 N–H and O–H groups in total. The first-order valence-corrected chi connectivity index (χ1v) is 6.01. The highest BCUT2D eigenvalue weighted by molar-refractivity contribution is 5.77. The average molecular weight is 263 g/mol. The topological polar surface area (TPSA) is 81.4 Å². The molecule has 1 aromatic carbocycles. The Morgan fingerprint density at radius 1 is 1.37 bits per heavy atom. The summed E-state index contributed by atoms with van der Waals surface area (Å²) < 4.78 is 5.22. The zero-order valence-electron chi connectivity index (χ0n) is 11.4. The third-order valence-corrected chi connectivity index (χ3v) is 2.36. The second-order valence-electron chi connectivity index (χ2n) is 5.21. The van der Waals surface area contributed by atoms with Crippen LogP contribution in [0.25, 0.3) is 0 Å². The first-order chi connectivity index (χ1) is 8.83. The molecule has 0 aliphatic carbocycles. The maximum absolute atomic E-state index is 11.8. The quantitative estimate of drug-likeness (QED) is 0.617. The molecule has 0 aromatic heterocycles. The van der Waals surface area contributed by atoms with E-state index in [0.717, 1.165) is 5.56 Å². The molecule has 0 aliphatic heterocycles. The summed E-state index contributed by atoms with van der Waals surface area (Å²) in [6, 6.07) is 6.28. The number of amides is 1. The van der Waals surface area contributed by atoms with E-state index in [9.17, 15) is 9.59 Å². The minimum atomic E-state index is -0.807. The lowest BCUT2D eigenvalue weighted by molar-refractivity contribution is -0.156. The highest BCUT2D eigenvalue weighted by Gasteiger charge is 2.23. The van der Waals surface area contributed by atoms with E-state index in [1.54, 1.807) is 51.4 Å². The summed E-state index contributed by atoms with van der Waals surface area (Å²) in [5, 5.41) is 2.44. The number of hydrogen-bond acceptors (Lipinski definition) is 4. The van der Waals surface area contributed by atoms with Crippen LogP contribution in [0.4, 0.5) is 0 Å². The molecule has 103 valence electrons. The van der Waals surface area contributed by atoms with Crippen LogP contribution in [0.2, 0.25) is 0 Å². The monoisotopic (exact) mass is 263 g/mol. The summed E-state index contributed by atoms with van der Waals surface area (Å²) in [6.45, 7) is 5.78. The summed E-state index contributed by atoms with van der Waals surface area (Å²) in [5.41, 5.74) is 6.87. The Kier molecular flexibility index (Phi) is 5.06. The fourth-order valence-corrected chi connectivity index (χ4v) is 1.48. The molecule has 5 nitrogen and oxygen atoms in total. The van der Waals surface area contributed by atoms with Crippen molar-refractivity contribution in [3.8, 4) is 0 Å². The van der Waals surface area contributed by atoms with Crippen molar-refractivity contribution in [1.82, 2.24) is 5.32 Å². The van der Waals surface area contributed by atoms with Crippen LogP contribution in [-0.4, -0.2) is 18.0 Å². The molecule has 0 spiro atoms. The first kappa shape index (κ1) is 15.2. The van der Waals surface area contributed by atoms with Crippen LogP contribution >= 0.6 is 0 Å². The van der Waals surface area contributed by atoms with Gasteiger partial charge in [-0.2, -0.15) is 0 Å². The van der Waals surface area contributed by atoms with Gasteiger partial charge in [0.15, 0.2) is 0 Å². The molecule has 1 radical (unpaired) electrons. The minimum absolute atomic E-state index is 0.394. The lowest BCUT2D eigenvalue weighted by Crippen LogP contribution is -2.31. The van der Waals surface area contributed by atoms with Gasteiger partial charge in [-0.15, -0.1) is 0 Å². The number of rotatable bonds is 5. The van der Waals surface area contributed by atoms with E-state index in [1.165, 1.54) is 0 Å². The molecule has 1 amide bonds. The summed E-state index contributed by atoms with van der Waals surface area (Å²) in [7, 11) is 0. The molecule has 0 fully saturated rings. The van der Waals surface area contributed by atoms with Gasteiger partial charge in [-0.05, 0) is 31.9 Å². The summed E-state index contributed by atoms with van der Waals surface area (Å²) in [5.74, 6) is -0.459. The van der Waals surface area contributed by atoms with Gasteiger partial charge in [0.25, 0.3) is 0 Å². The van der Waals surface area contributed by atoms with Crippen LogP contribution in [0, 0.1) is 0 Å². The zero-order valence-corrected chi connectivity index (χ0v) is 11.4. The van der Waals surface area contributed by atoms with E-state index in [4.69, 9.17) is 10.5 Å². The number of nitrogens with one attached hydrogen (secondary N) is 1. The normalized spacial score (nSPS) is 12.6. The largest absolute Gasteiger partial charge is 0.459 e. The van der Waals surface area contributed by atoms with Crippen molar-refractivity contribution in [1.29, 1.82) is 0 Å². The molecule has 1 unspecified atom stereocenters. The van der Waals surface area contributed by atoms with Crippen LogP contribution in [0.15, 0.2) is 24.3 Å². The molecule has 1 rings (SSSR count). The van der Waals surface area contributed by atoms with E-state index in [2.05, 4.69) is 5.32 Å². The molecule has 0 aliphatic rings. The highest BCUT2D eigenvalue weighted by Crippen LogP contribution is 2.17. The van der Waals surface area contributed by atoms with Gasteiger partial charge in [-0.1, -0.05) is 24.3 Å². The van der Waals surface area contributed by atoms with Crippen molar-refractivity contribution >= 4 is 12.4 Å². The van der Waals surface area contributed by atoms with Gasteiger partial charge in [-0.3, -0.25) is 4.79 Å². The van der Waals surface area contributed by atoms with Crippen molar-refractivity contribution in [2.24, 2.45) is 5.73 Å². The lowest BCUT2D eigenvalue weighted by atomic mass is 10.1. The summed E-state index contributed by atoms with van der Waals surface area (Å²) in [4.78, 5) is 21.9. The van der Waals surface area contributed by atoms with E-state index in [0.29, 0.717) is 12.1 Å². The number of ether oxygens (including phenoxy) is 1. The minimum Gasteiger partial charge on any atom is -0.459 e. The zero-order chi connectivity index (χ0) is 14.5. The van der Waals surface area contributed by atoms with Gasteiger partial charge in [-0.25, -0.2) is 4.79 Å². The number of carbonyl (C=O) groups is 1. The smallest absolute Gasteiger partial charge is 0.328 e. The Morgan fingerprint density at radius 3 is 2.42 bits per heavy atom. The molecule has 0 saturated carbocycles. The van der Waals surface area contributed by atoms with Crippen LogP contribution < -0.4 is 11.1 Å². The van der Waals surface area contributed by atoms with Crippen molar-refractivity contribution in [2.45, 2.75) is 39.0 Å². The Hall–Kier alpha value is -1.88. The number of nitrogens with two attached hydrogens (primary N) is 1. The van der Waals surface area contributed by atoms with Crippen LogP contribution in [-0.2, 0) is 20.9 Å². The van der Waals surface area contributed by atoms with Crippen LogP contribution in [0.5, 0.6) is 0 Å². The molecule has 19 heavy (non-hydrogen) atoms. The van der Waals surface area contributed by atoms with E-state index < -0.39 is 17.6 Å². The van der Waals surface area contributed by atoms with E-state index in [-0.39, 0.29) is 0 Å². The van der Waals surface area contributed by atoms with Crippen LogP contribution in [0.3, 0.4) is 0 Å². The van der Waals surface area contributed by atoms with Gasteiger partial charge >= 0.3 is 12.4 Å². The predicted molar refractivity (Wildman–Crippen MR) is 71.7 cm³/mol. The van der Waals surface area contributed by atoms with Crippen LogP contribution in [0.1, 0.15) is 37.9 Å². The molecule has 0 heterocycles. The highest BCUT2D eigenvalue weighted by atomic mass is 16.6. The van der Waals surface area contributed by atoms with Crippen molar-refractivity contribution < 1.29 is 14.3 Å². The summed E-state index contributed by atoms with van der Waals surface area (Å²) >= 11 is 0. The van der Waals surface area contributed by atoms with Crippen molar-refractivity contribution in [3.63, 3.8) is 0 Å². The Balaban J connectivity index is 2.69. The van der Waals surface area contributed by atoms with Gasteiger partial charge in [0.1, 0.15) is 11.6 Å². The molecule has 5 heteroatoms. The van der Waals surface area contributed by atoms with Crippen molar-refractivity contribution in [3.05, 3.63) is 35.4 Å². The van der Waals surface area contributed by atoms with E-state index >= 15 is 0 Å². The number of esters is 1. The maximum Gasteiger partial charge on any atom is 0.328 e. The van der Waals surface area contributed by atoms with Gasteiger partial charge in [0, 0.05) is 6.54 Å². The van der Waals surface area contributed by atoms with Gasteiger partial charge in [0.05, 0.1) is 0 Å². The Labute approximate surface area is 113 Å². The Bertz CT molecular complexity index is 435. The molecule has 0 saturated heterocycles. The van der Waals surface area contributed by atoms with Crippen molar-refractivity contribution in [2.75, 3.05) is 0 Å². The average Bonchev–Trinajstić information content (AvgIpc) is 2.34. The van der Waals surface area contributed by atoms with Gasteiger partial charge < -0.3 is 15.8 Å². The Morgan fingerprint density at radius 2 is 1.95 bits per heavy atom. The SMILES string of the molecule is CC(C)(C)OC(=O)C(N)c1ccc(CN[C]=O)cc1. The fraction of sp³-hybridized carbons (Fsp3) is 0.429. The third-order valence-electron chi connectivity index (χ3n) is 2.36. The van der Waals surface area contributed by atoms with E-state index in [1.807, 2.05) is 0 Å². The molecule has 1 aromatic rings.